The number of halogens is 3. The molecule has 2 aliphatic carbocycles. The third-order valence-corrected chi connectivity index (χ3v) is 6.21. The maximum absolute atomic E-state index is 13.1. The number of fused-ring (bicyclic) bond motifs is 1. The number of carbonyl (C=O) groups excluding carboxylic acids is 2. The highest BCUT2D eigenvalue weighted by atomic mass is 19.4. The van der Waals surface area contributed by atoms with Crippen LogP contribution in [0, 0.1) is 11.8 Å². The first-order chi connectivity index (χ1) is 14.6. The molecule has 5 atom stereocenters. The van der Waals surface area contributed by atoms with Gasteiger partial charge in [-0.25, -0.2) is 0 Å². The highest BCUT2D eigenvalue weighted by molar-refractivity contribution is 5.98. The van der Waals surface area contributed by atoms with Crippen LogP contribution in [0.25, 0.3) is 0 Å². The second-order valence-electron chi connectivity index (χ2n) is 8.19. The van der Waals surface area contributed by atoms with Gasteiger partial charge in [0.05, 0.1) is 17.7 Å². The van der Waals surface area contributed by atoms with Crippen molar-refractivity contribution in [1.82, 2.24) is 20.4 Å². The van der Waals surface area contributed by atoms with E-state index in [0.29, 0.717) is 18.4 Å². The van der Waals surface area contributed by atoms with Crippen LogP contribution in [0.2, 0.25) is 0 Å². The maximum Gasteiger partial charge on any atom is 0.416 e. The number of rotatable bonds is 5. The summed E-state index contributed by atoms with van der Waals surface area (Å²) in [6.07, 6.45) is -3.56. The first-order valence-corrected chi connectivity index (χ1v) is 10.1. The number of carbonyl (C=O) groups is 2. The molecular formula is C21H23F3N4O3. The Balaban J connectivity index is 1.63. The summed E-state index contributed by atoms with van der Waals surface area (Å²) in [5, 5.41) is 19.2. The number of benzene rings is 1. The quantitative estimate of drug-likeness (QED) is 0.671. The number of aliphatic hydroxyl groups is 1. The monoisotopic (exact) mass is 436 g/mol. The van der Waals surface area contributed by atoms with E-state index in [1.54, 1.807) is 6.92 Å². The minimum absolute atomic E-state index is 0.00195. The molecule has 0 bridgehead atoms. The summed E-state index contributed by atoms with van der Waals surface area (Å²) in [6.45, 7) is 1.62. The molecule has 1 aromatic heterocycles. The van der Waals surface area contributed by atoms with Gasteiger partial charge in [-0.2, -0.15) is 18.3 Å². The first kappa shape index (κ1) is 21.4. The highest BCUT2D eigenvalue weighted by Gasteiger charge is 2.56. The summed E-state index contributed by atoms with van der Waals surface area (Å²) >= 11 is 0. The van der Waals surface area contributed by atoms with Crippen molar-refractivity contribution >= 4 is 11.8 Å². The van der Waals surface area contributed by atoms with Gasteiger partial charge < -0.3 is 15.7 Å². The molecule has 0 saturated heterocycles. The Morgan fingerprint density at radius 2 is 1.87 bits per heavy atom. The Morgan fingerprint density at radius 3 is 2.48 bits per heavy atom. The van der Waals surface area contributed by atoms with Crippen LogP contribution in [-0.2, 0) is 6.18 Å². The molecule has 10 heteroatoms. The van der Waals surface area contributed by atoms with Crippen molar-refractivity contribution in [3.63, 3.8) is 0 Å². The van der Waals surface area contributed by atoms with Gasteiger partial charge in [-0.3, -0.25) is 14.3 Å². The van der Waals surface area contributed by atoms with Gasteiger partial charge in [-0.05, 0) is 49.3 Å². The smallest absolute Gasteiger partial charge is 0.393 e. The molecule has 0 radical (unpaired) electrons. The van der Waals surface area contributed by atoms with Crippen LogP contribution in [0.15, 0.2) is 30.3 Å². The van der Waals surface area contributed by atoms with E-state index in [0.717, 1.165) is 12.1 Å². The molecule has 31 heavy (non-hydrogen) atoms. The summed E-state index contributed by atoms with van der Waals surface area (Å²) in [7, 11) is 1.42. The lowest BCUT2D eigenvalue weighted by atomic mass is 10.0. The number of hydrogen-bond acceptors (Lipinski definition) is 4. The van der Waals surface area contributed by atoms with E-state index in [4.69, 9.17) is 0 Å². The fourth-order valence-corrected chi connectivity index (χ4v) is 4.47. The molecule has 2 saturated carbocycles. The summed E-state index contributed by atoms with van der Waals surface area (Å²) in [6, 6.07) is 5.38. The zero-order valence-corrected chi connectivity index (χ0v) is 17.0. The summed E-state index contributed by atoms with van der Waals surface area (Å²) < 4.78 is 40.7. The Hall–Kier alpha value is -2.88. The van der Waals surface area contributed by atoms with Crippen LogP contribution in [0.1, 0.15) is 57.9 Å². The largest absolute Gasteiger partial charge is 0.416 e. The predicted octanol–water partition coefficient (Wildman–Crippen LogP) is 2.37. The van der Waals surface area contributed by atoms with Gasteiger partial charge in [0.15, 0.2) is 5.69 Å². The van der Waals surface area contributed by atoms with Crippen LogP contribution in [0.3, 0.4) is 0 Å². The summed E-state index contributed by atoms with van der Waals surface area (Å²) in [5.74, 6) is -0.491. The van der Waals surface area contributed by atoms with E-state index in [1.165, 1.54) is 29.9 Å². The minimum Gasteiger partial charge on any atom is -0.393 e. The second-order valence-corrected chi connectivity index (χ2v) is 8.19. The van der Waals surface area contributed by atoms with Crippen LogP contribution in [-0.4, -0.2) is 45.9 Å². The molecule has 166 valence electrons. The number of aromatic nitrogens is 2. The lowest BCUT2D eigenvalue weighted by Gasteiger charge is -2.18. The van der Waals surface area contributed by atoms with Crippen molar-refractivity contribution in [2.75, 3.05) is 7.05 Å². The van der Waals surface area contributed by atoms with Crippen molar-refractivity contribution in [1.29, 1.82) is 0 Å². The molecule has 3 N–H and O–H groups in total. The van der Waals surface area contributed by atoms with Gasteiger partial charge in [-0.15, -0.1) is 0 Å². The number of hydrogen-bond donors (Lipinski definition) is 3. The van der Waals surface area contributed by atoms with E-state index < -0.39 is 29.6 Å². The van der Waals surface area contributed by atoms with Gasteiger partial charge in [0, 0.05) is 19.2 Å². The third kappa shape index (κ3) is 4.04. The first-order valence-electron chi connectivity index (χ1n) is 10.1. The molecule has 7 nitrogen and oxygen atoms in total. The lowest BCUT2D eigenvalue weighted by molar-refractivity contribution is -0.137. The Kier molecular flexibility index (Phi) is 5.28. The Labute approximate surface area is 176 Å². The van der Waals surface area contributed by atoms with Crippen LogP contribution >= 0.6 is 0 Å². The van der Waals surface area contributed by atoms with Crippen molar-refractivity contribution < 1.29 is 27.9 Å². The van der Waals surface area contributed by atoms with Gasteiger partial charge in [0.1, 0.15) is 5.69 Å². The van der Waals surface area contributed by atoms with E-state index >= 15 is 0 Å². The number of aliphatic hydroxyl groups excluding tert-OH is 1. The van der Waals surface area contributed by atoms with E-state index in [2.05, 4.69) is 15.7 Å². The van der Waals surface area contributed by atoms with E-state index in [-0.39, 0.29) is 35.4 Å². The fraction of sp³-hybridized carbons (Fsp3) is 0.476. The number of nitrogens with zero attached hydrogens (tertiary/aromatic N) is 2. The standard InChI is InChI=1S/C21H23F3N4O3/c1-10(11-4-3-5-12(6-11)21(22,23)24)28-17(9-16(27-28)19(30)25-2)20(31)26-18-14-7-13(29)8-15(14)18/h3-6,9-10,13-15,18,29H,7-8H2,1-2H3,(H,25,30)(H,26,31)/t10-,13-,14-,15+,18?/m1/s1. The Morgan fingerprint density at radius 1 is 1.19 bits per heavy atom. The molecule has 1 unspecified atom stereocenters. The third-order valence-electron chi connectivity index (χ3n) is 6.21. The molecule has 0 aliphatic heterocycles. The van der Waals surface area contributed by atoms with Crippen molar-refractivity contribution in [2.45, 2.75) is 44.1 Å². The van der Waals surface area contributed by atoms with Crippen molar-refractivity contribution in [3.05, 3.63) is 52.8 Å². The molecule has 2 aromatic rings. The Bertz CT molecular complexity index is 1010. The van der Waals surface area contributed by atoms with Crippen LogP contribution in [0.5, 0.6) is 0 Å². The number of amides is 2. The molecule has 4 rings (SSSR count). The fourth-order valence-electron chi connectivity index (χ4n) is 4.47. The molecule has 0 spiro atoms. The van der Waals surface area contributed by atoms with Gasteiger partial charge >= 0.3 is 6.18 Å². The average Bonchev–Trinajstić information content (AvgIpc) is 3.10. The van der Waals surface area contributed by atoms with Gasteiger partial charge in [0.25, 0.3) is 11.8 Å². The van der Waals surface area contributed by atoms with Gasteiger partial charge in [0.2, 0.25) is 0 Å². The van der Waals surface area contributed by atoms with Gasteiger partial charge in [-0.1, -0.05) is 12.1 Å². The normalized spacial score (nSPS) is 25.6. The average molecular weight is 436 g/mol. The zero-order valence-electron chi connectivity index (χ0n) is 17.0. The van der Waals surface area contributed by atoms with Crippen LogP contribution in [0.4, 0.5) is 13.2 Å². The summed E-state index contributed by atoms with van der Waals surface area (Å²) in [5.41, 5.74) is -0.403. The van der Waals surface area contributed by atoms with E-state index in [9.17, 15) is 27.9 Å². The van der Waals surface area contributed by atoms with Crippen molar-refractivity contribution in [2.24, 2.45) is 11.8 Å². The SMILES string of the molecule is CNC(=O)c1cc(C(=O)NC2[C@H]3C[C@H](O)C[C@@H]23)n([C@H](C)c2cccc(C(F)(F)F)c2)n1. The minimum atomic E-state index is -4.50. The maximum atomic E-state index is 13.1. The number of alkyl halides is 3. The topological polar surface area (TPSA) is 96.3 Å². The molecular weight excluding hydrogens is 413 g/mol. The molecule has 2 fully saturated rings. The molecule has 2 amide bonds. The van der Waals surface area contributed by atoms with E-state index in [1.807, 2.05) is 0 Å². The second kappa shape index (κ2) is 7.67. The predicted molar refractivity (Wildman–Crippen MR) is 104 cm³/mol. The molecule has 1 heterocycles. The highest BCUT2D eigenvalue weighted by Crippen LogP contribution is 2.52. The molecule has 2 aliphatic rings. The van der Waals surface area contributed by atoms with Crippen molar-refractivity contribution in [3.8, 4) is 0 Å². The van der Waals surface area contributed by atoms with Crippen LogP contribution < -0.4 is 10.6 Å². The zero-order chi connectivity index (χ0) is 22.5. The molecule has 1 aromatic carbocycles. The lowest BCUT2D eigenvalue weighted by Crippen LogP contribution is -2.32. The summed E-state index contributed by atoms with van der Waals surface area (Å²) in [4.78, 5) is 25.0. The number of nitrogens with one attached hydrogen (secondary N) is 2.